The number of ether oxygens (including phenoxy) is 2. The van der Waals surface area contributed by atoms with Gasteiger partial charge in [-0.1, -0.05) is 10.3 Å². The Morgan fingerprint density at radius 2 is 1.33 bits per heavy atom. The van der Waals surface area contributed by atoms with Crippen LogP contribution in [0, 0.1) is 11.8 Å². The summed E-state index contributed by atoms with van der Waals surface area (Å²) in [4.78, 5) is 51.1. The average molecular weight is 338 g/mol. The smallest absolute Gasteiger partial charge is 0.338 e. The minimum atomic E-state index is -1.67. The molecule has 0 spiro atoms. The van der Waals surface area contributed by atoms with Crippen molar-refractivity contribution in [1.29, 1.82) is 0 Å². The van der Waals surface area contributed by atoms with Crippen LogP contribution in [0.3, 0.4) is 0 Å². The number of hydroxylamine groups is 2. The van der Waals surface area contributed by atoms with E-state index in [1.165, 1.54) is 24.6 Å². The van der Waals surface area contributed by atoms with Gasteiger partial charge < -0.3 is 9.47 Å². The molecule has 6 rings (SSSR count). The van der Waals surface area contributed by atoms with Crippen LogP contribution in [-0.4, -0.2) is 65.6 Å². The molecule has 0 amide bonds. The highest BCUT2D eigenvalue weighted by Crippen LogP contribution is 2.63. The molecule has 0 N–H and O–H groups in total. The Morgan fingerprint density at radius 1 is 0.917 bits per heavy atom. The number of nitrogens with zero attached hydrogens (tertiary/aromatic N) is 2. The Morgan fingerprint density at radius 3 is 1.71 bits per heavy atom. The van der Waals surface area contributed by atoms with Gasteiger partial charge in [-0.15, -0.1) is 0 Å². The van der Waals surface area contributed by atoms with Crippen LogP contribution in [0.2, 0.25) is 0 Å². The van der Waals surface area contributed by atoms with E-state index in [2.05, 4.69) is 0 Å². The van der Waals surface area contributed by atoms with Crippen molar-refractivity contribution in [1.82, 2.24) is 10.3 Å². The van der Waals surface area contributed by atoms with Gasteiger partial charge in [-0.3, -0.25) is 14.5 Å². The van der Waals surface area contributed by atoms with Crippen molar-refractivity contribution in [2.24, 2.45) is 11.8 Å². The lowest BCUT2D eigenvalue weighted by molar-refractivity contribution is -0.410. The molecule has 0 aromatic heterocycles. The van der Waals surface area contributed by atoms with Crippen molar-refractivity contribution >= 4 is 17.7 Å². The third-order valence-electron chi connectivity index (χ3n) is 6.42. The molecule has 8 bridgehead atoms. The zero-order valence-electron chi connectivity index (χ0n) is 13.4. The zero-order valence-corrected chi connectivity index (χ0v) is 13.4. The standard InChI is InChI=1S/C15H18N2O7/c1-21-12(19)14-7-3-4-8-10-6-5-9(7)23-16(14)17(24-10)15(8,11(14)18)13(20)22-2/h7-10H,3-6H2,1-2H3. The summed E-state index contributed by atoms with van der Waals surface area (Å²) in [5, 5.41) is 2.36. The number of Topliss-reactive ketones (excluding diaryl/α,β-unsaturated/α-hetero) is 1. The summed E-state index contributed by atoms with van der Waals surface area (Å²) in [7, 11) is 2.47. The fourth-order valence-corrected chi connectivity index (χ4v) is 5.51. The van der Waals surface area contributed by atoms with Gasteiger partial charge in [0.05, 0.1) is 26.4 Å². The molecular formula is C15H18N2O7. The van der Waals surface area contributed by atoms with Gasteiger partial charge in [-0.05, 0) is 25.7 Å². The number of fused-ring (bicyclic) bond motifs is 2. The van der Waals surface area contributed by atoms with Gasteiger partial charge in [-0.2, -0.15) is 0 Å². The average Bonchev–Trinajstić information content (AvgIpc) is 3.14. The number of carbonyl (C=O) groups is 3. The highest BCUT2D eigenvalue weighted by molar-refractivity contribution is 6.23. The molecule has 2 aliphatic carbocycles. The molecule has 4 heterocycles. The fourth-order valence-electron chi connectivity index (χ4n) is 5.51. The Kier molecular flexibility index (Phi) is 2.67. The van der Waals surface area contributed by atoms with E-state index in [9.17, 15) is 14.4 Å². The first-order chi connectivity index (χ1) is 11.5. The second kappa shape index (κ2) is 4.34. The van der Waals surface area contributed by atoms with Gasteiger partial charge in [0.25, 0.3) is 0 Å². The maximum Gasteiger partial charge on any atom is 0.338 e. The molecule has 0 aromatic rings. The van der Waals surface area contributed by atoms with Crippen molar-refractivity contribution in [3.8, 4) is 0 Å². The summed E-state index contributed by atoms with van der Waals surface area (Å²) in [5.41, 5.74) is -3.34. The van der Waals surface area contributed by atoms with Crippen LogP contribution in [-0.2, 0) is 33.5 Å². The molecule has 4 aliphatic heterocycles. The predicted octanol–water partition coefficient (Wildman–Crippen LogP) is -0.641. The molecule has 6 aliphatic rings. The Balaban J connectivity index is 1.83. The van der Waals surface area contributed by atoms with Crippen molar-refractivity contribution < 1.29 is 33.5 Å². The summed E-state index contributed by atoms with van der Waals surface area (Å²) in [6.45, 7) is 0. The number of hydrazine groups is 1. The van der Waals surface area contributed by atoms with E-state index in [-0.39, 0.29) is 24.0 Å². The third kappa shape index (κ3) is 1.20. The molecule has 130 valence electrons. The van der Waals surface area contributed by atoms with Crippen LogP contribution in [0.1, 0.15) is 25.7 Å². The minimum absolute atomic E-state index is 0.267. The summed E-state index contributed by atoms with van der Waals surface area (Å²) in [6, 6.07) is 0. The number of hydrogen-bond donors (Lipinski definition) is 0. The highest BCUT2D eigenvalue weighted by Gasteiger charge is 2.87. The Bertz CT molecular complexity index is 614. The lowest BCUT2D eigenvalue weighted by atomic mass is 9.73. The van der Waals surface area contributed by atoms with Crippen LogP contribution < -0.4 is 0 Å². The number of rotatable bonds is 2. The van der Waals surface area contributed by atoms with Crippen LogP contribution in [0.15, 0.2) is 0 Å². The van der Waals surface area contributed by atoms with Crippen molar-refractivity contribution in [2.45, 2.75) is 49.0 Å². The van der Waals surface area contributed by atoms with Gasteiger partial charge >= 0.3 is 11.9 Å². The molecule has 0 radical (unpaired) electrons. The fraction of sp³-hybridized carbons (Fsp3) is 0.800. The van der Waals surface area contributed by atoms with Gasteiger partial charge in [0.1, 0.15) is 0 Å². The number of hydrogen-bond acceptors (Lipinski definition) is 9. The summed E-state index contributed by atoms with van der Waals surface area (Å²) in [5.74, 6) is -2.67. The van der Waals surface area contributed by atoms with Crippen LogP contribution in [0.4, 0.5) is 0 Å². The van der Waals surface area contributed by atoms with E-state index in [0.29, 0.717) is 25.7 Å². The molecule has 9 heteroatoms. The highest BCUT2D eigenvalue weighted by atomic mass is 16.9. The second-order valence-corrected chi connectivity index (χ2v) is 7.05. The molecular weight excluding hydrogens is 320 g/mol. The number of carbonyl (C=O) groups excluding carboxylic acids is 3. The quantitative estimate of drug-likeness (QED) is 0.481. The molecule has 6 atom stereocenters. The lowest BCUT2D eigenvalue weighted by Gasteiger charge is -2.32. The van der Waals surface area contributed by atoms with Gasteiger partial charge in [0.15, 0.2) is 0 Å². The van der Waals surface area contributed by atoms with Crippen molar-refractivity contribution in [3.63, 3.8) is 0 Å². The van der Waals surface area contributed by atoms with Crippen LogP contribution in [0.25, 0.3) is 0 Å². The second-order valence-electron chi connectivity index (χ2n) is 7.05. The summed E-state index contributed by atoms with van der Waals surface area (Å²) in [6.07, 6.45) is 1.99. The first kappa shape index (κ1) is 14.8. The number of ketones is 1. The topological polar surface area (TPSA) is 94.6 Å². The Labute approximate surface area is 137 Å². The zero-order chi connectivity index (χ0) is 16.9. The molecule has 2 saturated carbocycles. The first-order valence-corrected chi connectivity index (χ1v) is 8.20. The van der Waals surface area contributed by atoms with Gasteiger partial charge in [0.2, 0.25) is 16.9 Å². The largest absolute Gasteiger partial charge is 0.467 e. The van der Waals surface area contributed by atoms with E-state index >= 15 is 0 Å². The maximum atomic E-state index is 13.6. The monoisotopic (exact) mass is 338 g/mol. The minimum Gasteiger partial charge on any atom is -0.467 e. The molecule has 9 nitrogen and oxygen atoms in total. The van der Waals surface area contributed by atoms with Gasteiger partial charge in [-0.25, -0.2) is 9.59 Å². The van der Waals surface area contributed by atoms with Crippen molar-refractivity contribution in [2.75, 3.05) is 14.2 Å². The summed E-state index contributed by atoms with van der Waals surface area (Å²) >= 11 is 0. The Hall–Kier alpha value is -1.55. The van der Waals surface area contributed by atoms with E-state index in [1.54, 1.807) is 0 Å². The van der Waals surface area contributed by atoms with Crippen molar-refractivity contribution in [3.05, 3.63) is 0 Å². The SMILES string of the molecule is COC(=O)C12C(=O)C3(C(=O)OC)C4CCC1C1CCC4ON3N2O1. The molecule has 24 heavy (non-hydrogen) atoms. The molecule has 4 saturated heterocycles. The lowest BCUT2D eigenvalue weighted by Crippen LogP contribution is -2.60. The molecule has 6 fully saturated rings. The normalized spacial score (nSPS) is 48.7. The summed E-state index contributed by atoms with van der Waals surface area (Å²) < 4.78 is 9.95. The number of methoxy groups -OCH3 is 2. The molecule has 6 unspecified atom stereocenters. The predicted molar refractivity (Wildman–Crippen MR) is 73.4 cm³/mol. The van der Waals surface area contributed by atoms with E-state index in [0.717, 1.165) is 0 Å². The van der Waals surface area contributed by atoms with E-state index in [4.69, 9.17) is 19.1 Å². The van der Waals surface area contributed by atoms with E-state index < -0.39 is 28.8 Å². The number of esters is 2. The van der Waals surface area contributed by atoms with Gasteiger partial charge in [0, 0.05) is 11.8 Å². The molecule has 0 aromatic carbocycles. The third-order valence-corrected chi connectivity index (χ3v) is 6.42. The van der Waals surface area contributed by atoms with Crippen LogP contribution in [0.5, 0.6) is 0 Å². The van der Waals surface area contributed by atoms with Crippen LogP contribution >= 0.6 is 0 Å². The first-order valence-electron chi connectivity index (χ1n) is 8.20. The maximum absolute atomic E-state index is 13.6. The van der Waals surface area contributed by atoms with E-state index in [1.807, 2.05) is 0 Å².